The highest BCUT2D eigenvalue weighted by atomic mass is 79.9. The van der Waals surface area contributed by atoms with Gasteiger partial charge in [0, 0.05) is 22.8 Å². The minimum absolute atomic E-state index is 0.0604. The van der Waals surface area contributed by atoms with Gasteiger partial charge in [-0.3, -0.25) is 0 Å². The summed E-state index contributed by atoms with van der Waals surface area (Å²) in [5, 5.41) is 17.7. The first-order valence-corrected chi connectivity index (χ1v) is 15.2. The van der Waals surface area contributed by atoms with E-state index in [1.165, 1.54) is 24.3 Å². The van der Waals surface area contributed by atoms with E-state index in [0.717, 1.165) is 6.07 Å². The van der Waals surface area contributed by atoms with Crippen LogP contribution in [0.25, 0.3) is 0 Å². The molecule has 0 radical (unpaired) electrons. The van der Waals surface area contributed by atoms with Crippen LogP contribution in [0.15, 0.2) is 40.9 Å². The summed E-state index contributed by atoms with van der Waals surface area (Å²) in [6.45, 7) is 8.78. The van der Waals surface area contributed by atoms with E-state index in [9.17, 15) is 35.1 Å². The van der Waals surface area contributed by atoms with Crippen molar-refractivity contribution in [1.29, 1.82) is 0 Å². The van der Waals surface area contributed by atoms with Crippen molar-refractivity contribution in [1.82, 2.24) is 0 Å². The van der Waals surface area contributed by atoms with E-state index in [1.54, 1.807) is 6.07 Å². The quantitative estimate of drug-likeness (QED) is 0.140. The number of rotatable bonds is 15. The SMILES string of the molecule is CC(C)OB(OC(C)C)OC(C)C.FC(F)C(F)(F)COc1cc(Br)ccc1Cl.OB(O)c1ccc(Cl)c(OCC(F)(F)C(F)F)c1. The van der Waals surface area contributed by atoms with Crippen molar-refractivity contribution < 1.29 is 68.6 Å². The van der Waals surface area contributed by atoms with Gasteiger partial charge in [-0.2, -0.15) is 17.6 Å². The summed E-state index contributed by atoms with van der Waals surface area (Å²) in [6.07, 6.45) is -7.28. The Bertz CT molecular complexity index is 1170. The van der Waals surface area contributed by atoms with Crippen LogP contribution >= 0.6 is 39.1 Å². The highest BCUT2D eigenvalue weighted by molar-refractivity contribution is 9.10. The summed E-state index contributed by atoms with van der Waals surface area (Å²) in [7, 11) is -2.39. The molecular weight excluding hydrogens is 761 g/mol. The summed E-state index contributed by atoms with van der Waals surface area (Å²) in [6, 6.07) is 7.68. The predicted octanol–water partition coefficient (Wildman–Crippen LogP) is 7.93. The predicted molar refractivity (Wildman–Crippen MR) is 168 cm³/mol. The van der Waals surface area contributed by atoms with E-state index in [-0.39, 0.29) is 45.3 Å². The summed E-state index contributed by atoms with van der Waals surface area (Å²) >= 11 is 14.3. The van der Waals surface area contributed by atoms with Gasteiger partial charge in [-0.1, -0.05) is 45.2 Å². The Morgan fingerprint density at radius 2 is 1.04 bits per heavy atom. The molecular formula is C27H35B2BrCl2F8O7. The maximum atomic E-state index is 12.6. The van der Waals surface area contributed by atoms with Crippen LogP contribution in [0.5, 0.6) is 11.5 Å². The molecule has 47 heavy (non-hydrogen) atoms. The summed E-state index contributed by atoms with van der Waals surface area (Å²) < 4.78 is 124. The molecule has 0 amide bonds. The molecule has 0 aliphatic rings. The maximum Gasteiger partial charge on any atom is 0.639 e. The molecule has 268 valence electrons. The van der Waals surface area contributed by atoms with E-state index in [1.807, 2.05) is 41.5 Å². The third-order valence-corrected chi connectivity index (χ3v) is 5.89. The lowest BCUT2D eigenvalue weighted by atomic mass is 9.80. The summed E-state index contributed by atoms with van der Waals surface area (Å²) in [5.41, 5.74) is -0.0604. The number of ether oxygens (including phenoxy) is 2. The molecule has 20 heteroatoms. The number of hydrogen-bond acceptors (Lipinski definition) is 7. The van der Waals surface area contributed by atoms with Gasteiger partial charge in [0.05, 0.1) is 10.0 Å². The number of hydrogen-bond donors (Lipinski definition) is 2. The van der Waals surface area contributed by atoms with Crippen molar-refractivity contribution in [3.8, 4) is 11.5 Å². The van der Waals surface area contributed by atoms with Crippen molar-refractivity contribution >= 4 is 59.0 Å². The lowest BCUT2D eigenvalue weighted by Gasteiger charge is -2.20. The molecule has 7 nitrogen and oxygen atoms in total. The molecule has 0 aromatic heterocycles. The first-order valence-electron chi connectivity index (χ1n) is 13.6. The second-order valence-corrected chi connectivity index (χ2v) is 11.9. The van der Waals surface area contributed by atoms with Gasteiger partial charge in [-0.05, 0) is 77.3 Å². The van der Waals surface area contributed by atoms with Gasteiger partial charge in [0.1, 0.15) is 11.5 Å². The molecule has 0 fully saturated rings. The zero-order valence-corrected chi connectivity index (χ0v) is 29.1. The first-order chi connectivity index (χ1) is 21.5. The maximum absolute atomic E-state index is 12.6. The molecule has 0 aliphatic heterocycles. The van der Waals surface area contributed by atoms with E-state index in [0.29, 0.717) is 4.47 Å². The molecule has 2 aromatic carbocycles. The smallest absolute Gasteiger partial charge is 0.486 e. The van der Waals surface area contributed by atoms with Crippen LogP contribution < -0.4 is 14.9 Å². The van der Waals surface area contributed by atoms with Gasteiger partial charge < -0.3 is 33.5 Å². The van der Waals surface area contributed by atoms with Gasteiger partial charge in [0.25, 0.3) is 0 Å². The van der Waals surface area contributed by atoms with Gasteiger partial charge in [-0.15, -0.1) is 0 Å². The highest BCUT2D eigenvalue weighted by Gasteiger charge is 2.42. The molecule has 0 bridgehead atoms. The lowest BCUT2D eigenvalue weighted by molar-refractivity contribution is -0.148. The minimum Gasteiger partial charge on any atom is -0.486 e. The Balaban J connectivity index is 0.000000685. The highest BCUT2D eigenvalue weighted by Crippen LogP contribution is 2.31. The van der Waals surface area contributed by atoms with Gasteiger partial charge >= 0.3 is 39.1 Å². The van der Waals surface area contributed by atoms with Gasteiger partial charge in [-0.25, -0.2) is 17.6 Å². The Hall–Kier alpha value is -1.53. The monoisotopic (exact) mass is 794 g/mol. The molecule has 2 rings (SSSR count). The second-order valence-electron chi connectivity index (χ2n) is 10.2. The molecule has 0 aliphatic carbocycles. The van der Waals surface area contributed by atoms with Crippen LogP contribution in [-0.4, -0.2) is 80.7 Å². The molecule has 2 N–H and O–H groups in total. The Morgan fingerprint density at radius 3 is 1.38 bits per heavy atom. The number of benzene rings is 2. The standard InChI is InChI=1S/C9H8BClF4O3.C9H21BO3.C9H6BrClF4O/c11-6-2-1-5(10(16)17)3-7(6)18-4-9(14,15)8(12)13;1-7(2)11-10(12-8(3)4)13-9(5)6;10-5-1-2-6(11)7(3-5)16-4-9(14,15)8(12)13/h1-3,8,16-17H,4H2;7-9H,1-6H3;1-3,8H,4H2. The van der Waals surface area contributed by atoms with Crippen molar-refractivity contribution in [3.63, 3.8) is 0 Å². The fourth-order valence-electron chi connectivity index (χ4n) is 2.62. The fourth-order valence-corrected chi connectivity index (χ4v) is 3.30. The van der Waals surface area contributed by atoms with Crippen LogP contribution in [0.4, 0.5) is 35.1 Å². The third-order valence-electron chi connectivity index (χ3n) is 4.78. The lowest BCUT2D eigenvalue weighted by Crippen LogP contribution is -2.34. The van der Waals surface area contributed by atoms with Crippen molar-refractivity contribution in [3.05, 3.63) is 50.9 Å². The minimum atomic E-state index is -4.31. The number of alkyl halides is 8. The second kappa shape index (κ2) is 21.5. The molecule has 0 saturated carbocycles. The third kappa shape index (κ3) is 19.3. The van der Waals surface area contributed by atoms with Crippen LogP contribution in [0.1, 0.15) is 41.5 Å². The Kier molecular flexibility index (Phi) is 20.8. The van der Waals surface area contributed by atoms with Gasteiger partial charge in [0.2, 0.25) is 0 Å². The van der Waals surface area contributed by atoms with Crippen LogP contribution in [-0.2, 0) is 14.0 Å². The average Bonchev–Trinajstić information content (AvgIpc) is 2.92. The molecule has 0 unspecified atom stereocenters. The topological polar surface area (TPSA) is 86.6 Å². The van der Waals surface area contributed by atoms with Crippen molar-refractivity contribution in [2.45, 2.75) is 84.6 Å². The Labute approximate surface area is 287 Å². The largest absolute Gasteiger partial charge is 0.639 e. The number of halogens is 11. The fraction of sp³-hybridized carbons (Fsp3) is 0.556. The van der Waals surface area contributed by atoms with Crippen LogP contribution in [0, 0.1) is 0 Å². The van der Waals surface area contributed by atoms with Gasteiger partial charge in [0.15, 0.2) is 13.2 Å². The average molecular weight is 796 g/mol. The zero-order chi connectivity index (χ0) is 36.7. The van der Waals surface area contributed by atoms with E-state index >= 15 is 0 Å². The first kappa shape index (κ1) is 45.5. The van der Waals surface area contributed by atoms with Crippen LogP contribution in [0.2, 0.25) is 10.0 Å². The van der Waals surface area contributed by atoms with Crippen molar-refractivity contribution in [2.24, 2.45) is 0 Å². The zero-order valence-electron chi connectivity index (χ0n) is 26.0. The van der Waals surface area contributed by atoms with Crippen LogP contribution in [0.3, 0.4) is 0 Å². The normalized spacial score (nSPS) is 11.8. The Morgan fingerprint density at radius 1 is 0.681 bits per heavy atom. The summed E-state index contributed by atoms with van der Waals surface area (Å²) in [4.78, 5) is 0. The molecule has 0 heterocycles. The molecule has 2 aromatic rings. The molecule has 0 spiro atoms. The molecule has 0 atom stereocenters. The van der Waals surface area contributed by atoms with E-state index in [2.05, 4.69) is 25.4 Å². The van der Waals surface area contributed by atoms with E-state index in [4.69, 9.17) is 47.2 Å². The van der Waals surface area contributed by atoms with E-state index < -0.39 is 52.3 Å². The molecule has 0 saturated heterocycles. The summed E-state index contributed by atoms with van der Waals surface area (Å²) in [5.74, 6) is -8.90. The van der Waals surface area contributed by atoms with Crippen molar-refractivity contribution in [2.75, 3.05) is 13.2 Å².